The Balaban J connectivity index is 1.08. The van der Waals surface area contributed by atoms with Crippen LogP contribution in [0.1, 0.15) is 0 Å². The Morgan fingerprint density at radius 2 is 0.810 bits per heavy atom. The molecule has 1 aromatic heterocycles. The van der Waals surface area contributed by atoms with Crippen molar-refractivity contribution in [2.45, 2.75) is 0 Å². The molecule has 11 aromatic carbocycles. The maximum atomic E-state index is 6.44. The van der Waals surface area contributed by atoms with E-state index in [9.17, 15) is 0 Å². The Labute approximate surface area is 335 Å². The van der Waals surface area contributed by atoms with E-state index in [1.54, 1.807) is 0 Å². The summed E-state index contributed by atoms with van der Waals surface area (Å²) in [5.74, 6) is 0. The van der Waals surface area contributed by atoms with Crippen LogP contribution in [0.3, 0.4) is 0 Å². The van der Waals surface area contributed by atoms with Gasteiger partial charge < -0.3 is 9.32 Å². The average molecular weight is 738 g/mol. The summed E-state index contributed by atoms with van der Waals surface area (Å²) in [6.07, 6.45) is 0. The molecule has 0 aliphatic carbocycles. The number of hydrogen-bond donors (Lipinski definition) is 0. The van der Waals surface area contributed by atoms with Gasteiger partial charge in [0.1, 0.15) is 11.2 Å². The molecule has 0 aliphatic rings. The summed E-state index contributed by atoms with van der Waals surface area (Å²) in [4.78, 5) is 2.46. The van der Waals surface area contributed by atoms with Gasteiger partial charge in [-0.25, -0.2) is 0 Å². The van der Waals surface area contributed by atoms with Crippen LogP contribution in [0.15, 0.2) is 217 Å². The van der Waals surface area contributed by atoms with Gasteiger partial charge in [0.2, 0.25) is 0 Å². The summed E-state index contributed by atoms with van der Waals surface area (Å²) >= 11 is 0. The lowest BCUT2D eigenvalue weighted by atomic mass is 9.93. The van der Waals surface area contributed by atoms with E-state index in [4.69, 9.17) is 4.42 Å². The van der Waals surface area contributed by atoms with Crippen LogP contribution in [0.4, 0.5) is 17.1 Å². The van der Waals surface area contributed by atoms with Crippen molar-refractivity contribution in [2.75, 3.05) is 4.90 Å². The lowest BCUT2D eigenvalue weighted by Crippen LogP contribution is -2.12. The highest BCUT2D eigenvalue weighted by molar-refractivity contribution is 6.16. The summed E-state index contributed by atoms with van der Waals surface area (Å²) in [5, 5.41) is 14.6. The summed E-state index contributed by atoms with van der Waals surface area (Å²) in [6, 6.07) is 77.2. The monoisotopic (exact) mass is 737 g/mol. The molecule has 0 N–H and O–H groups in total. The molecule has 0 unspecified atom stereocenters. The number of furan rings is 1. The number of rotatable bonds is 5. The Morgan fingerprint density at radius 3 is 1.55 bits per heavy atom. The Morgan fingerprint density at radius 1 is 0.276 bits per heavy atom. The number of hydrogen-bond acceptors (Lipinski definition) is 2. The Hall–Kier alpha value is -7.68. The van der Waals surface area contributed by atoms with Gasteiger partial charge in [-0.05, 0) is 120 Å². The molecule has 0 amide bonds. The molecule has 0 radical (unpaired) electrons. The van der Waals surface area contributed by atoms with Crippen LogP contribution in [-0.4, -0.2) is 0 Å². The first-order chi connectivity index (χ1) is 28.7. The quantitative estimate of drug-likeness (QED) is 0.164. The van der Waals surface area contributed by atoms with Crippen molar-refractivity contribution in [2.24, 2.45) is 0 Å². The molecule has 58 heavy (non-hydrogen) atoms. The molecular formula is C56H35NO. The zero-order valence-corrected chi connectivity index (χ0v) is 31.6. The molecule has 0 spiro atoms. The van der Waals surface area contributed by atoms with E-state index in [0.717, 1.165) is 50.1 Å². The number of fused-ring (bicyclic) bond motifs is 10. The number of benzene rings is 11. The van der Waals surface area contributed by atoms with Gasteiger partial charge in [-0.3, -0.25) is 0 Å². The van der Waals surface area contributed by atoms with Gasteiger partial charge >= 0.3 is 0 Å². The summed E-state index contributed by atoms with van der Waals surface area (Å²) in [5.41, 5.74) is 9.81. The second-order valence-corrected chi connectivity index (χ2v) is 15.3. The maximum absolute atomic E-state index is 6.44. The van der Waals surface area contributed by atoms with Crippen LogP contribution in [-0.2, 0) is 0 Å². The van der Waals surface area contributed by atoms with Gasteiger partial charge in [0, 0.05) is 27.4 Å². The Kier molecular flexibility index (Phi) is 7.26. The molecule has 0 bridgehead atoms. The third-order valence-corrected chi connectivity index (χ3v) is 12.0. The number of anilines is 3. The van der Waals surface area contributed by atoms with Crippen molar-refractivity contribution in [3.05, 3.63) is 212 Å². The number of nitrogens with zero attached hydrogens (tertiary/aromatic N) is 1. The standard InChI is InChI=1S/C56H35NO/c1-2-14-38-35-56-52(31-37(38)13-1)51-33-41(27-30-55(51)58-56)45-19-11-12-24-53(45)57(54-34-40-16-4-6-18-44(40)47-21-9-10-23-49(47)54)42-28-25-36(26-29-42)50-32-39-15-3-5-17-43(39)46-20-7-8-22-48(46)50/h1-35H. The van der Waals surface area contributed by atoms with Gasteiger partial charge in [-0.2, -0.15) is 0 Å². The third-order valence-electron chi connectivity index (χ3n) is 12.0. The highest BCUT2D eigenvalue weighted by atomic mass is 16.3. The smallest absolute Gasteiger partial charge is 0.136 e. The third kappa shape index (κ3) is 5.12. The minimum atomic E-state index is 0.890. The largest absolute Gasteiger partial charge is 0.456 e. The van der Waals surface area contributed by atoms with E-state index in [2.05, 4.69) is 217 Å². The Bertz CT molecular complexity index is 3580. The van der Waals surface area contributed by atoms with Gasteiger partial charge in [0.25, 0.3) is 0 Å². The molecule has 1 heterocycles. The average Bonchev–Trinajstić information content (AvgIpc) is 3.65. The van der Waals surface area contributed by atoms with Crippen molar-refractivity contribution in [3.8, 4) is 22.3 Å². The minimum absolute atomic E-state index is 0.890. The first-order valence-corrected chi connectivity index (χ1v) is 19.9. The van der Waals surface area contributed by atoms with Gasteiger partial charge in [-0.15, -0.1) is 0 Å². The van der Waals surface area contributed by atoms with Crippen LogP contribution in [0.25, 0.3) is 98.1 Å². The second kappa shape index (κ2) is 12.9. The summed E-state index contributed by atoms with van der Waals surface area (Å²) in [7, 11) is 0. The van der Waals surface area contributed by atoms with Gasteiger partial charge in [0.15, 0.2) is 0 Å². The zero-order valence-electron chi connectivity index (χ0n) is 31.6. The fourth-order valence-corrected chi connectivity index (χ4v) is 9.25. The molecule has 2 heteroatoms. The van der Waals surface area contributed by atoms with Crippen LogP contribution in [0.2, 0.25) is 0 Å². The van der Waals surface area contributed by atoms with Crippen molar-refractivity contribution < 1.29 is 4.42 Å². The van der Waals surface area contributed by atoms with E-state index < -0.39 is 0 Å². The molecule has 0 atom stereocenters. The van der Waals surface area contributed by atoms with Crippen LogP contribution < -0.4 is 4.90 Å². The molecule has 2 nitrogen and oxygen atoms in total. The van der Waals surface area contributed by atoms with Crippen LogP contribution >= 0.6 is 0 Å². The number of para-hydroxylation sites is 1. The SMILES string of the molecule is c1ccc(N(c2ccc(-c3cc4ccccc4c4ccccc34)cc2)c2cc3ccccc3c3ccccc23)c(-c2ccc3oc4cc5ccccc5cc4c3c2)c1. The fourth-order valence-electron chi connectivity index (χ4n) is 9.25. The van der Waals surface area contributed by atoms with E-state index in [1.807, 2.05) is 0 Å². The highest BCUT2D eigenvalue weighted by Gasteiger charge is 2.22. The van der Waals surface area contributed by atoms with Gasteiger partial charge in [-0.1, -0.05) is 158 Å². The van der Waals surface area contributed by atoms with Crippen LogP contribution in [0, 0.1) is 0 Å². The molecule has 0 saturated carbocycles. The lowest BCUT2D eigenvalue weighted by Gasteiger charge is -2.30. The zero-order chi connectivity index (χ0) is 38.2. The first-order valence-electron chi connectivity index (χ1n) is 19.9. The van der Waals surface area contributed by atoms with Gasteiger partial charge in [0.05, 0.1) is 11.4 Å². The van der Waals surface area contributed by atoms with Crippen molar-refractivity contribution in [3.63, 3.8) is 0 Å². The summed E-state index contributed by atoms with van der Waals surface area (Å²) in [6.45, 7) is 0. The molecule has 0 fully saturated rings. The molecule has 0 aliphatic heterocycles. The van der Waals surface area contributed by atoms with E-state index in [1.165, 1.54) is 65.0 Å². The maximum Gasteiger partial charge on any atom is 0.136 e. The van der Waals surface area contributed by atoms with Crippen molar-refractivity contribution in [1.29, 1.82) is 0 Å². The first kappa shape index (κ1) is 32.6. The van der Waals surface area contributed by atoms with Crippen molar-refractivity contribution in [1.82, 2.24) is 0 Å². The molecular weight excluding hydrogens is 703 g/mol. The highest BCUT2D eigenvalue weighted by Crippen LogP contribution is 2.47. The predicted octanol–water partition coefficient (Wildman–Crippen LogP) is 16.2. The van der Waals surface area contributed by atoms with E-state index in [0.29, 0.717) is 0 Å². The molecule has 270 valence electrons. The molecule has 12 aromatic rings. The summed E-state index contributed by atoms with van der Waals surface area (Å²) < 4.78 is 6.44. The predicted molar refractivity (Wildman–Crippen MR) is 247 cm³/mol. The molecule has 0 saturated heterocycles. The molecule has 12 rings (SSSR count). The fraction of sp³-hybridized carbons (Fsp3) is 0. The topological polar surface area (TPSA) is 16.4 Å². The van der Waals surface area contributed by atoms with Crippen LogP contribution in [0.5, 0.6) is 0 Å². The van der Waals surface area contributed by atoms with E-state index >= 15 is 0 Å². The van der Waals surface area contributed by atoms with Crippen molar-refractivity contribution >= 4 is 92.9 Å². The van der Waals surface area contributed by atoms with E-state index in [-0.39, 0.29) is 0 Å². The minimum Gasteiger partial charge on any atom is -0.456 e. The lowest BCUT2D eigenvalue weighted by molar-refractivity contribution is 0.669. The normalized spacial score (nSPS) is 11.8. The second-order valence-electron chi connectivity index (χ2n) is 15.3.